The molecular formula is C12H11ClF2N2O3. The van der Waals surface area contributed by atoms with Gasteiger partial charge in [-0.1, -0.05) is 11.6 Å². The van der Waals surface area contributed by atoms with E-state index in [4.69, 9.17) is 11.6 Å². The third kappa shape index (κ3) is 2.82. The number of nitrogens with one attached hydrogen (secondary N) is 2. The van der Waals surface area contributed by atoms with Crippen molar-refractivity contribution in [3.8, 4) is 0 Å². The SMILES string of the molecule is COC(=O)C1(NC(=O)Nc2c(F)cc(F)cc2Cl)CC1. The molecule has 0 aromatic heterocycles. The summed E-state index contributed by atoms with van der Waals surface area (Å²) in [4.78, 5) is 23.2. The molecule has 0 spiro atoms. The summed E-state index contributed by atoms with van der Waals surface area (Å²) in [6, 6.07) is 0.641. The van der Waals surface area contributed by atoms with E-state index in [0.717, 1.165) is 6.07 Å². The molecule has 0 radical (unpaired) electrons. The van der Waals surface area contributed by atoms with E-state index < -0.39 is 29.2 Å². The number of amides is 2. The Hall–Kier alpha value is -1.89. The van der Waals surface area contributed by atoms with Crippen molar-refractivity contribution in [3.05, 3.63) is 28.8 Å². The summed E-state index contributed by atoms with van der Waals surface area (Å²) >= 11 is 5.64. The zero-order valence-corrected chi connectivity index (χ0v) is 11.2. The van der Waals surface area contributed by atoms with Gasteiger partial charge in [0.1, 0.15) is 11.4 Å². The quantitative estimate of drug-likeness (QED) is 0.843. The average molecular weight is 305 g/mol. The van der Waals surface area contributed by atoms with Gasteiger partial charge in [0.15, 0.2) is 5.82 Å². The number of halogens is 3. The lowest BCUT2D eigenvalue weighted by atomic mass is 10.2. The van der Waals surface area contributed by atoms with Crippen molar-refractivity contribution < 1.29 is 23.1 Å². The lowest BCUT2D eigenvalue weighted by Gasteiger charge is -2.16. The van der Waals surface area contributed by atoms with E-state index in [1.165, 1.54) is 7.11 Å². The molecule has 108 valence electrons. The minimum absolute atomic E-state index is 0.277. The van der Waals surface area contributed by atoms with Gasteiger partial charge in [0, 0.05) is 6.07 Å². The van der Waals surface area contributed by atoms with Crippen LogP contribution in [-0.2, 0) is 9.53 Å². The monoisotopic (exact) mass is 304 g/mol. The van der Waals surface area contributed by atoms with E-state index in [9.17, 15) is 18.4 Å². The molecule has 20 heavy (non-hydrogen) atoms. The molecule has 0 bridgehead atoms. The second-order valence-corrected chi connectivity index (χ2v) is 4.80. The molecule has 1 aromatic carbocycles. The topological polar surface area (TPSA) is 67.4 Å². The van der Waals surface area contributed by atoms with Crippen LogP contribution in [0.3, 0.4) is 0 Å². The number of carbonyl (C=O) groups excluding carboxylic acids is 2. The first-order valence-corrected chi connectivity index (χ1v) is 6.08. The highest BCUT2D eigenvalue weighted by Gasteiger charge is 2.52. The molecule has 0 aliphatic heterocycles. The summed E-state index contributed by atoms with van der Waals surface area (Å²) in [6.07, 6.45) is 0.874. The molecule has 2 amide bonds. The fourth-order valence-electron chi connectivity index (χ4n) is 1.72. The third-order valence-electron chi connectivity index (χ3n) is 2.92. The van der Waals surface area contributed by atoms with E-state index in [2.05, 4.69) is 15.4 Å². The Morgan fingerprint density at radius 1 is 1.35 bits per heavy atom. The fraction of sp³-hybridized carbons (Fsp3) is 0.333. The van der Waals surface area contributed by atoms with Crippen molar-refractivity contribution in [3.63, 3.8) is 0 Å². The molecule has 1 fully saturated rings. The van der Waals surface area contributed by atoms with Crippen LogP contribution < -0.4 is 10.6 Å². The predicted octanol–water partition coefficient (Wildman–Crippen LogP) is 2.45. The first-order chi connectivity index (χ1) is 9.38. The number of ether oxygens (including phenoxy) is 1. The van der Waals surface area contributed by atoms with E-state index in [0.29, 0.717) is 18.9 Å². The summed E-state index contributed by atoms with van der Waals surface area (Å²) in [5, 5.41) is 4.26. The second kappa shape index (κ2) is 5.24. The van der Waals surface area contributed by atoms with Crippen LogP contribution in [-0.4, -0.2) is 24.6 Å². The number of hydrogen-bond acceptors (Lipinski definition) is 3. The number of esters is 1. The highest BCUT2D eigenvalue weighted by atomic mass is 35.5. The number of carbonyl (C=O) groups is 2. The van der Waals surface area contributed by atoms with Crippen molar-refractivity contribution in [2.75, 3.05) is 12.4 Å². The Morgan fingerprint density at radius 2 is 2.00 bits per heavy atom. The van der Waals surface area contributed by atoms with Crippen LogP contribution in [0.4, 0.5) is 19.3 Å². The highest BCUT2D eigenvalue weighted by Crippen LogP contribution is 2.36. The van der Waals surface area contributed by atoms with Crippen molar-refractivity contribution in [2.45, 2.75) is 18.4 Å². The molecular weight excluding hydrogens is 294 g/mol. The molecule has 0 saturated heterocycles. The van der Waals surface area contributed by atoms with E-state index in [-0.39, 0.29) is 10.7 Å². The van der Waals surface area contributed by atoms with E-state index >= 15 is 0 Å². The van der Waals surface area contributed by atoms with Crippen molar-refractivity contribution in [1.82, 2.24) is 5.32 Å². The predicted molar refractivity (Wildman–Crippen MR) is 67.5 cm³/mol. The Labute approximate surface area is 118 Å². The molecule has 1 saturated carbocycles. The third-order valence-corrected chi connectivity index (χ3v) is 3.22. The summed E-state index contributed by atoms with van der Waals surface area (Å²) in [5.74, 6) is -2.43. The van der Waals surface area contributed by atoms with E-state index in [1.807, 2.05) is 0 Å². The van der Waals surface area contributed by atoms with Crippen LogP contribution in [0, 0.1) is 11.6 Å². The van der Waals surface area contributed by atoms with Gasteiger partial charge in [-0.3, -0.25) is 0 Å². The zero-order chi connectivity index (χ0) is 14.9. The van der Waals surface area contributed by atoms with E-state index in [1.54, 1.807) is 0 Å². The molecule has 2 N–H and O–H groups in total. The van der Waals surface area contributed by atoms with Crippen LogP contribution in [0.2, 0.25) is 5.02 Å². The summed E-state index contributed by atoms with van der Waals surface area (Å²) in [7, 11) is 1.21. The van der Waals surface area contributed by atoms with Crippen molar-refractivity contribution in [2.24, 2.45) is 0 Å². The largest absolute Gasteiger partial charge is 0.467 e. The van der Waals surface area contributed by atoms with Gasteiger partial charge in [-0.25, -0.2) is 18.4 Å². The molecule has 1 aromatic rings. The van der Waals surface area contributed by atoms with Gasteiger partial charge in [0.05, 0.1) is 17.8 Å². The molecule has 8 heteroatoms. The van der Waals surface area contributed by atoms with Gasteiger partial charge in [0.2, 0.25) is 0 Å². The number of methoxy groups -OCH3 is 1. The Bertz CT molecular complexity index is 553. The fourth-order valence-corrected chi connectivity index (χ4v) is 1.97. The lowest BCUT2D eigenvalue weighted by molar-refractivity contribution is -0.144. The lowest BCUT2D eigenvalue weighted by Crippen LogP contribution is -2.45. The maximum atomic E-state index is 13.5. The van der Waals surface area contributed by atoms with Crippen molar-refractivity contribution in [1.29, 1.82) is 0 Å². The van der Waals surface area contributed by atoms with Gasteiger partial charge < -0.3 is 15.4 Å². The number of benzene rings is 1. The maximum Gasteiger partial charge on any atom is 0.331 e. The highest BCUT2D eigenvalue weighted by molar-refractivity contribution is 6.33. The Balaban J connectivity index is 2.08. The van der Waals surface area contributed by atoms with Crippen molar-refractivity contribution >= 4 is 29.3 Å². The van der Waals surface area contributed by atoms with Crippen LogP contribution in [0.15, 0.2) is 12.1 Å². The Morgan fingerprint density at radius 3 is 2.50 bits per heavy atom. The first kappa shape index (κ1) is 14.5. The minimum Gasteiger partial charge on any atom is -0.467 e. The van der Waals surface area contributed by atoms with Crippen LogP contribution in [0.25, 0.3) is 0 Å². The summed E-state index contributed by atoms with van der Waals surface area (Å²) < 4.78 is 30.9. The zero-order valence-electron chi connectivity index (χ0n) is 10.4. The maximum absolute atomic E-state index is 13.5. The smallest absolute Gasteiger partial charge is 0.331 e. The van der Waals surface area contributed by atoms with Gasteiger partial charge >= 0.3 is 12.0 Å². The molecule has 1 aliphatic carbocycles. The van der Waals surface area contributed by atoms with Gasteiger partial charge in [-0.05, 0) is 18.9 Å². The van der Waals surface area contributed by atoms with Crippen LogP contribution >= 0.6 is 11.6 Å². The molecule has 2 rings (SSSR count). The standard InChI is InChI=1S/C12H11ClF2N2O3/c1-20-10(18)12(2-3-12)17-11(19)16-9-7(13)4-6(14)5-8(9)15/h4-5H,2-3H2,1H3,(H2,16,17,19). The second-order valence-electron chi connectivity index (χ2n) is 4.40. The number of anilines is 1. The first-order valence-electron chi connectivity index (χ1n) is 5.70. The minimum atomic E-state index is -1.07. The number of rotatable bonds is 3. The summed E-state index contributed by atoms with van der Waals surface area (Å²) in [6.45, 7) is 0. The molecule has 5 nitrogen and oxygen atoms in total. The van der Waals surface area contributed by atoms with Crippen LogP contribution in [0.1, 0.15) is 12.8 Å². The van der Waals surface area contributed by atoms with Gasteiger partial charge in [-0.15, -0.1) is 0 Å². The Kier molecular flexibility index (Phi) is 3.80. The molecule has 0 atom stereocenters. The van der Waals surface area contributed by atoms with Gasteiger partial charge in [-0.2, -0.15) is 0 Å². The van der Waals surface area contributed by atoms with Crippen LogP contribution in [0.5, 0.6) is 0 Å². The van der Waals surface area contributed by atoms with Gasteiger partial charge in [0.25, 0.3) is 0 Å². The number of urea groups is 1. The number of hydrogen-bond donors (Lipinski definition) is 2. The molecule has 1 aliphatic rings. The summed E-state index contributed by atoms with van der Waals surface area (Å²) in [5.41, 5.74) is -1.42. The normalized spacial score (nSPS) is 15.4. The molecule has 0 heterocycles. The average Bonchev–Trinajstić information content (AvgIpc) is 3.13. The molecule has 0 unspecified atom stereocenters.